The largest absolute Gasteiger partial charge is 0.481 e. The first kappa shape index (κ1) is 23.9. The molecule has 1 aliphatic rings. The number of carboxylic acid groups (broad SMARTS) is 1. The summed E-state index contributed by atoms with van der Waals surface area (Å²) in [6.07, 6.45) is 4.42. The van der Waals surface area contributed by atoms with Crippen LogP contribution in [-0.2, 0) is 14.4 Å². The van der Waals surface area contributed by atoms with Crippen molar-refractivity contribution in [1.29, 1.82) is 0 Å². The van der Waals surface area contributed by atoms with Crippen molar-refractivity contribution in [2.24, 2.45) is 11.8 Å². The molecule has 3 atom stereocenters. The number of halogens is 1. The fourth-order valence-electron chi connectivity index (χ4n) is 3.46. The molecule has 0 fully saturated rings. The first-order valence-electron chi connectivity index (χ1n) is 10.3. The molecule has 8 heteroatoms. The second-order valence-corrected chi connectivity index (χ2v) is 9.49. The Bertz CT molecular complexity index is 1040. The molecule has 2 aromatic carbocycles. The second kappa shape index (κ2) is 10.7. The molecule has 1 aliphatic carbocycles. The Labute approximate surface area is 196 Å². The molecule has 0 aliphatic heterocycles. The molecule has 2 amide bonds. The first-order chi connectivity index (χ1) is 15.3. The van der Waals surface area contributed by atoms with E-state index in [1.165, 1.54) is 11.8 Å². The third-order valence-corrected chi connectivity index (χ3v) is 6.94. The normalized spacial score (nSPS) is 18.6. The van der Waals surface area contributed by atoms with E-state index in [-0.39, 0.29) is 17.1 Å². The molecule has 0 saturated heterocycles. The Morgan fingerprint density at radius 2 is 1.69 bits per heavy atom. The molecular formula is C24H25ClN2O4S. The van der Waals surface area contributed by atoms with E-state index in [4.69, 9.17) is 11.6 Å². The molecule has 0 bridgehead atoms. The summed E-state index contributed by atoms with van der Waals surface area (Å²) >= 11 is 7.51. The lowest BCUT2D eigenvalue weighted by Crippen LogP contribution is -2.34. The Hall–Kier alpha value is -2.77. The Kier molecular flexibility index (Phi) is 7.99. The van der Waals surface area contributed by atoms with E-state index in [0.717, 1.165) is 10.5 Å². The van der Waals surface area contributed by atoms with Crippen LogP contribution in [0.25, 0.3) is 0 Å². The van der Waals surface area contributed by atoms with Crippen molar-refractivity contribution in [3.05, 3.63) is 65.2 Å². The zero-order valence-corrected chi connectivity index (χ0v) is 19.4. The molecule has 0 saturated carbocycles. The van der Waals surface area contributed by atoms with Gasteiger partial charge in [0.25, 0.3) is 0 Å². The van der Waals surface area contributed by atoms with Gasteiger partial charge in [-0.15, -0.1) is 11.8 Å². The summed E-state index contributed by atoms with van der Waals surface area (Å²) in [5, 5.41) is 15.3. The lowest BCUT2D eigenvalue weighted by molar-refractivity contribution is -0.146. The zero-order valence-electron chi connectivity index (χ0n) is 17.8. The number of carbonyl (C=O) groups is 3. The predicted molar refractivity (Wildman–Crippen MR) is 128 cm³/mol. The van der Waals surface area contributed by atoms with Crippen molar-refractivity contribution in [3.63, 3.8) is 0 Å². The number of benzene rings is 2. The van der Waals surface area contributed by atoms with Crippen molar-refractivity contribution in [2.45, 2.75) is 36.8 Å². The van der Waals surface area contributed by atoms with Gasteiger partial charge in [-0.1, -0.05) is 29.8 Å². The van der Waals surface area contributed by atoms with Crippen LogP contribution in [0.3, 0.4) is 0 Å². The van der Waals surface area contributed by atoms with Crippen LogP contribution >= 0.6 is 23.4 Å². The van der Waals surface area contributed by atoms with E-state index in [9.17, 15) is 19.5 Å². The number of anilines is 2. The number of thioether (sulfide) groups is 1. The minimum Gasteiger partial charge on any atom is -0.481 e. The molecule has 0 spiro atoms. The summed E-state index contributed by atoms with van der Waals surface area (Å²) < 4.78 is 0. The maximum Gasteiger partial charge on any atom is 0.307 e. The molecule has 3 rings (SSSR count). The molecule has 168 valence electrons. The highest BCUT2D eigenvalue weighted by Gasteiger charge is 2.33. The first-order valence-corrected chi connectivity index (χ1v) is 11.5. The van der Waals surface area contributed by atoms with Gasteiger partial charge in [0.1, 0.15) is 0 Å². The van der Waals surface area contributed by atoms with Gasteiger partial charge in [-0.05, 0) is 68.7 Å². The van der Waals surface area contributed by atoms with Crippen molar-refractivity contribution < 1.29 is 19.5 Å². The average Bonchev–Trinajstić information content (AvgIpc) is 2.78. The highest BCUT2D eigenvalue weighted by atomic mass is 35.5. The fourth-order valence-corrected chi connectivity index (χ4v) is 4.51. The van der Waals surface area contributed by atoms with Gasteiger partial charge in [0, 0.05) is 21.3 Å². The number of amides is 2. The number of hydrogen-bond acceptors (Lipinski definition) is 4. The van der Waals surface area contributed by atoms with Crippen LogP contribution in [0.2, 0.25) is 5.02 Å². The number of aliphatic carboxylic acids is 1. The van der Waals surface area contributed by atoms with Gasteiger partial charge in [-0.3, -0.25) is 14.4 Å². The van der Waals surface area contributed by atoms with E-state index in [1.807, 2.05) is 38.1 Å². The van der Waals surface area contributed by atoms with Crippen molar-refractivity contribution in [3.8, 4) is 0 Å². The monoisotopic (exact) mass is 472 g/mol. The van der Waals surface area contributed by atoms with E-state index in [1.54, 1.807) is 30.3 Å². The highest BCUT2D eigenvalue weighted by molar-refractivity contribution is 8.00. The molecule has 6 nitrogen and oxygen atoms in total. The minimum absolute atomic E-state index is 0.136. The van der Waals surface area contributed by atoms with Crippen molar-refractivity contribution >= 4 is 52.5 Å². The Morgan fingerprint density at radius 3 is 2.34 bits per heavy atom. The smallest absolute Gasteiger partial charge is 0.307 e. The van der Waals surface area contributed by atoms with Crippen LogP contribution in [0.4, 0.5) is 11.4 Å². The van der Waals surface area contributed by atoms with Crippen LogP contribution in [0, 0.1) is 18.8 Å². The zero-order chi connectivity index (χ0) is 23.3. The van der Waals surface area contributed by atoms with Gasteiger partial charge < -0.3 is 15.7 Å². The lowest BCUT2D eigenvalue weighted by Gasteiger charge is -2.24. The topological polar surface area (TPSA) is 95.5 Å². The number of carboxylic acids is 1. The van der Waals surface area contributed by atoms with E-state index in [2.05, 4.69) is 10.6 Å². The van der Waals surface area contributed by atoms with Gasteiger partial charge in [0.2, 0.25) is 11.8 Å². The molecule has 0 aromatic heterocycles. The van der Waals surface area contributed by atoms with Gasteiger partial charge in [-0.25, -0.2) is 0 Å². The average molecular weight is 473 g/mol. The molecule has 3 N–H and O–H groups in total. The van der Waals surface area contributed by atoms with Crippen LogP contribution in [0.1, 0.15) is 25.3 Å². The lowest BCUT2D eigenvalue weighted by atomic mass is 9.82. The summed E-state index contributed by atoms with van der Waals surface area (Å²) in [7, 11) is 0. The number of allylic oxidation sites excluding steroid dienone is 2. The predicted octanol–water partition coefficient (Wildman–Crippen LogP) is 5.37. The molecule has 32 heavy (non-hydrogen) atoms. The standard InChI is InChI=1S/C24H25ClN2O4S/c1-14-20(25)8-5-9-21(14)27-22(28)15(2)32-17-12-10-16(11-13-17)26-23(29)18-6-3-4-7-19(18)24(30)31/h3-5,8-13,15,18-19H,6-7H2,1-2H3,(H,26,29)(H,27,28)(H,30,31). The number of rotatable bonds is 7. The van der Waals surface area contributed by atoms with Gasteiger partial charge in [0.15, 0.2) is 0 Å². The minimum atomic E-state index is -0.957. The maximum atomic E-state index is 12.6. The number of hydrogen-bond donors (Lipinski definition) is 3. The molecule has 3 unspecified atom stereocenters. The van der Waals surface area contributed by atoms with Crippen molar-refractivity contribution in [2.75, 3.05) is 10.6 Å². The van der Waals surface area contributed by atoms with E-state index >= 15 is 0 Å². The summed E-state index contributed by atoms with van der Waals surface area (Å²) in [6.45, 7) is 3.67. The maximum absolute atomic E-state index is 12.6. The molecule has 2 aromatic rings. The Morgan fingerprint density at radius 1 is 1.03 bits per heavy atom. The van der Waals surface area contributed by atoms with Crippen LogP contribution in [0.15, 0.2) is 59.5 Å². The summed E-state index contributed by atoms with van der Waals surface area (Å²) in [5.41, 5.74) is 2.09. The quantitative estimate of drug-likeness (QED) is 0.371. The SMILES string of the molecule is Cc1c(Cl)cccc1NC(=O)C(C)Sc1ccc(NC(=O)C2CC=CCC2C(=O)O)cc1. The number of nitrogens with one attached hydrogen (secondary N) is 2. The van der Waals surface area contributed by atoms with Gasteiger partial charge >= 0.3 is 5.97 Å². The third kappa shape index (κ3) is 5.93. The van der Waals surface area contributed by atoms with Gasteiger partial charge in [0.05, 0.1) is 17.1 Å². The van der Waals surface area contributed by atoms with Crippen LogP contribution < -0.4 is 10.6 Å². The van der Waals surface area contributed by atoms with Gasteiger partial charge in [-0.2, -0.15) is 0 Å². The number of carbonyl (C=O) groups excluding carboxylic acids is 2. The second-order valence-electron chi connectivity index (χ2n) is 7.67. The molecular weight excluding hydrogens is 448 g/mol. The third-order valence-electron chi connectivity index (χ3n) is 5.42. The van der Waals surface area contributed by atoms with E-state index in [0.29, 0.717) is 29.2 Å². The summed E-state index contributed by atoms with van der Waals surface area (Å²) in [4.78, 5) is 37.4. The Balaban J connectivity index is 1.57. The molecule has 0 heterocycles. The van der Waals surface area contributed by atoms with E-state index < -0.39 is 17.8 Å². The van der Waals surface area contributed by atoms with Crippen LogP contribution in [-0.4, -0.2) is 28.1 Å². The summed E-state index contributed by atoms with van der Waals surface area (Å²) in [6, 6.07) is 12.5. The summed E-state index contributed by atoms with van der Waals surface area (Å²) in [5.74, 6) is -2.70. The van der Waals surface area contributed by atoms with Crippen LogP contribution in [0.5, 0.6) is 0 Å². The molecule has 0 radical (unpaired) electrons. The van der Waals surface area contributed by atoms with Crippen molar-refractivity contribution in [1.82, 2.24) is 0 Å². The fraction of sp³-hybridized carbons (Fsp3) is 0.292. The highest BCUT2D eigenvalue weighted by Crippen LogP contribution is 2.29.